The van der Waals surface area contributed by atoms with Crippen LogP contribution >= 0.6 is 7.75 Å². The lowest BCUT2D eigenvalue weighted by molar-refractivity contribution is -0.150. The number of carbonyl (C=O) groups excluding carboxylic acids is 1. The first-order chi connectivity index (χ1) is 20.0. The van der Waals surface area contributed by atoms with Crippen molar-refractivity contribution in [2.45, 2.75) is 75.1 Å². The van der Waals surface area contributed by atoms with Crippen LogP contribution in [0.25, 0.3) is 5.52 Å². The molecule has 2 fully saturated rings. The van der Waals surface area contributed by atoms with Crippen molar-refractivity contribution < 1.29 is 38.1 Å². The van der Waals surface area contributed by atoms with Crippen molar-refractivity contribution in [3.8, 4) is 11.8 Å². The molecule has 42 heavy (non-hydrogen) atoms. The number of ether oxygens (including phenoxy) is 2. The van der Waals surface area contributed by atoms with Crippen LogP contribution in [0.1, 0.15) is 45.2 Å². The lowest BCUT2D eigenvalue weighted by atomic mass is 9.80. The third-order valence-corrected chi connectivity index (χ3v) is 9.28. The Morgan fingerprint density at radius 3 is 2.71 bits per heavy atom. The summed E-state index contributed by atoms with van der Waals surface area (Å²) >= 11 is 0. The highest BCUT2D eigenvalue weighted by atomic mass is 31.2. The quantitative estimate of drug-likeness (QED) is 0.195. The van der Waals surface area contributed by atoms with Crippen LogP contribution in [0.3, 0.4) is 0 Å². The fraction of sp³-hybridized carbons (Fsp3) is 0.481. The molecular formula is C27H33N6O8P. The fourth-order valence-electron chi connectivity index (χ4n) is 5.29. The monoisotopic (exact) mass is 600 g/mol. The molecule has 1 aliphatic heterocycles. The van der Waals surface area contributed by atoms with E-state index < -0.39 is 49.8 Å². The van der Waals surface area contributed by atoms with E-state index >= 15 is 0 Å². The molecule has 1 aliphatic carbocycles. The fourth-order valence-corrected chi connectivity index (χ4v) is 6.79. The average Bonchev–Trinajstić information content (AvgIpc) is 3.68. The Balaban J connectivity index is 1.38. The highest BCUT2D eigenvalue weighted by Gasteiger charge is 2.65. The van der Waals surface area contributed by atoms with Gasteiger partial charge in [-0.2, -0.15) is 15.4 Å². The van der Waals surface area contributed by atoms with Crippen LogP contribution in [0.5, 0.6) is 5.75 Å². The van der Waals surface area contributed by atoms with E-state index in [2.05, 4.69) is 15.2 Å². The smallest absolute Gasteiger partial charge is 0.459 e. The molecule has 224 valence electrons. The number of nitrogens with zero attached hydrogens (tertiary/aromatic N) is 4. The molecule has 0 unspecified atom stereocenters. The first-order valence-electron chi connectivity index (χ1n) is 13.6. The summed E-state index contributed by atoms with van der Waals surface area (Å²) in [6, 6.07) is 12.1. The van der Waals surface area contributed by atoms with Crippen LogP contribution in [0.4, 0.5) is 5.82 Å². The van der Waals surface area contributed by atoms with Gasteiger partial charge in [0.1, 0.15) is 53.6 Å². The molecule has 1 aromatic carbocycles. The number of hydrogen-bond acceptors (Lipinski definition) is 12. The standard InChI is InChI=1S/C27H33N6O8P/c1-17(25(35)39-18-8-6-7-9-18)32-42(37,41-19-10-4-3-5-11-19)38-14-21-23(34)26(2,36)27(15-28,40-21)22-13-12-20-24(29)30-16-31-33(20)22/h3-5,10-13,16-18,21,23,34,36H,6-9,14H2,1-2H3,(H,32,37)(H2,29,30,31)/t17-,21+,23+,26+,27-,42-/m0/s1. The summed E-state index contributed by atoms with van der Waals surface area (Å²) in [6.07, 6.45) is 1.40. The second-order valence-corrected chi connectivity index (χ2v) is 12.3. The molecule has 15 heteroatoms. The van der Waals surface area contributed by atoms with E-state index in [0.29, 0.717) is 5.52 Å². The van der Waals surface area contributed by atoms with Crippen LogP contribution in [-0.4, -0.2) is 67.3 Å². The number of nitrogen functional groups attached to an aromatic ring is 1. The van der Waals surface area contributed by atoms with Gasteiger partial charge in [0.25, 0.3) is 0 Å². The highest BCUT2D eigenvalue weighted by molar-refractivity contribution is 7.52. The number of aliphatic hydroxyl groups is 2. The first-order valence-corrected chi connectivity index (χ1v) is 15.1. The van der Waals surface area contributed by atoms with Gasteiger partial charge in [0, 0.05) is 0 Å². The molecule has 5 N–H and O–H groups in total. The summed E-state index contributed by atoms with van der Waals surface area (Å²) in [5.74, 6) is -0.298. The van der Waals surface area contributed by atoms with Crippen LogP contribution in [0, 0.1) is 11.3 Å². The van der Waals surface area contributed by atoms with E-state index in [0.717, 1.165) is 25.7 Å². The highest BCUT2D eigenvalue weighted by Crippen LogP contribution is 2.50. The molecule has 0 radical (unpaired) electrons. The molecule has 1 saturated carbocycles. The summed E-state index contributed by atoms with van der Waals surface area (Å²) in [6.45, 7) is 2.12. The molecule has 14 nitrogen and oxygen atoms in total. The van der Waals surface area contributed by atoms with Crippen molar-refractivity contribution in [2.75, 3.05) is 12.3 Å². The van der Waals surface area contributed by atoms with Gasteiger partial charge < -0.3 is 29.9 Å². The summed E-state index contributed by atoms with van der Waals surface area (Å²) in [7, 11) is -4.32. The average molecular weight is 601 g/mol. The number of anilines is 1. The number of benzene rings is 1. The third-order valence-electron chi connectivity index (χ3n) is 7.64. The van der Waals surface area contributed by atoms with Crippen molar-refractivity contribution in [3.05, 3.63) is 54.5 Å². The number of carbonyl (C=O) groups is 1. The lowest BCUT2D eigenvalue weighted by Crippen LogP contribution is -2.52. The van der Waals surface area contributed by atoms with E-state index in [4.69, 9.17) is 24.3 Å². The second kappa shape index (κ2) is 11.6. The molecule has 2 aliphatic rings. The minimum atomic E-state index is -4.32. The summed E-state index contributed by atoms with van der Waals surface area (Å²) in [5.41, 5.74) is 2.06. The maximum absolute atomic E-state index is 14.0. The molecule has 6 atom stereocenters. The number of hydrogen-bond donors (Lipinski definition) is 4. The number of esters is 1. The van der Waals surface area contributed by atoms with Gasteiger partial charge in [0.15, 0.2) is 5.82 Å². The van der Waals surface area contributed by atoms with Gasteiger partial charge in [-0.05, 0) is 63.8 Å². The molecule has 0 amide bonds. The summed E-state index contributed by atoms with van der Waals surface area (Å²) < 4.78 is 38.2. The number of fused-ring (bicyclic) bond motifs is 1. The maximum atomic E-state index is 14.0. The van der Waals surface area contributed by atoms with Gasteiger partial charge in [-0.3, -0.25) is 9.32 Å². The first kappa shape index (κ1) is 29.9. The van der Waals surface area contributed by atoms with Gasteiger partial charge in [-0.1, -0.05) is 18.2 Å². The number of rotatable bonds is 10. The largest absolute Gasteiger partial charge is 0.461 e. The molecule has 1 saturated heterocycles. The predicted octanol–water partition coefficient (Wildman–Crippen LogP) is 2.21. The van der Waals surface area contributed by atoms with Crippen molar-refractivity contribution in [1.29, 1.82) is 5.26 Å². The molecular weight excluding hydrogens is 567 g/mol. The van der Waals surface area contributed by atoms with Gasteiger partial charge in [-0.25, -0.2) is 14.1 Å². The normalized spacial score (nSPS) is 28.3. The Labute approximate surface area is 241 Å². The van der Waals surface area contributed by atoms with Crippen LogP contribution in [0.2, 0.25) is 0 Å². The SMILES string of the molecule is C[C@H](N[P@](=O)(OC[C@H]1O[C@@](C#N)(c2ccc3c(N)ncnn23)[C@](C)(O)[C@@H]1O)Oc1ccccc1)C(=O)OC1CCCC1. The molecule has 2 aromatic heterocycles. The van der Waals surface area contributed by atoms with Crippen LogP contribution < -0.4 is 15.3 Å². The molecule has 0 bridgehead atoms. The van der Waals surface area contributed by atoms with E-state index in [-0.39, 0.29) is 23.4 Å². The van der Waals surface area contributed by atoms with E-state index in [1.54, 1.807) is 36.4 Å². The summed E-state index contributed by atoms with van der Waals surface area (Å²) in [4.78, 5) is 16.7. The topological polar surface area (TPSA) is 204 Å². The number of aliphatic hydroxyl groups excluding tert-OH is 1. The lowest BCUT2D eigenvalue weighted by Gasteiger charge is -2.33. The van der Waals surface area contributed by atoms with E-state index in [9.17, 15) is 24.8 Å². The third kappa shape index (κ3) is 5.47. The zero-order valence-corrected chi connectivity index (χ0v) is 24.0. The van der Waals surface area contributed by atoms with Gasteiger partial charge in [0.05, 0.1) is 12.3 Å². The maximum Gasteiger partial charge on any atom is 0.459 e. The molecule has 5 rings (SSSR count). The van der Waals surface area contributed by atoms with E-state index in [1.807, 2.05) is 6.07 Å². The number of nitriles is 1. The minimum Gasteiger partial charge on any atom is -0.461 e. The van der Waals surface area contributed by atoms with Gasteiger partial charge >= 0.3 is 13.7 Å². The minimum absolute atomic E-state index is 0.0887. The van der Waals surface area contributed by atoms with Crippen LogP contribution in [0.15, 0.2) is 48.8 Å². The van der Waals surface area contributed by atoms with Crippen molar-refractivity contribution in [1.82, 2.24) is 19.7 Å². The second-order valence-electron chi connectivity index (χ2n) is 10.6. The summed E-state index contributed by atoms with van der Waals surface area (Å²) in [5, 5.41) is 39.6. The molecule has 3 aromatic rings. The number of aromatic nitrogens is 3. The number of nitrogens with two attached hydrogens (primary N) is 1. The van der Waals surface area contributed by atoms with Crippen molar-refractivity contribution in [2.24, 2.45) is 0 Å². The zero-order valence-electron chi connectivity index (χ0n) is 23.1. The van der Waals surface area contributed by atoms with Gasteiger partial charge in [-0.15, -0.1) is 0 Å². The van der Waals surface area contributed by atoms with Gasteiger partial charge in [0.2, 0.25) is 5.60 Å². The van der Waals surface area contributed by atoms with Crippen molar-refractivity contribution in [3.63, 3.8) is 0 Å². The Hall–Kier alpha value is -3.57. The number of nitrogens with one attached hydrogen (secondary N) is 1. The predicted molar refractivity (Wildman–Crippen MR) is 148 cm³/mol. The van der Waals surface area contributed by atoms with Crippen molar-refractivity contribution >= 4 is 25.1 Å². The van der Waals surface area contributed by atoms with Crippen LogP contribution in [-0.2, 0) is 29.0 Å². The Morgan fingerprint density at radius 1 is 1.31 bits per heavy atom. The Kier molecular flexibility index (Phi) is 8.26. The Morgan fingerprint density at radius 2 is 2.02 bits per heavy atom. The Bertz CT molecular complexity index is 1520. The molecule has 0 spiro atoms. The molecule has 3 heterocycles. The van der Waals surface area contributed by atoms with E-state index in [1.165, 1.54) is 30.8 Å². The number of para-hydroxylation sites is 1. The zero-order chi connectivity index (χ0) is 30.1.